The number of ether oxygens (including phenoxy) is 1. The lowest BCUT2D eigenvalue weighted by molar-refractivity contribution is 0.0744. The molecule has 162 valence electrons. The summed E-state index contributed by atoms with van der Waals surface area (Å²) in [4.78, 5) is 29.1. The first-order valence-corrected chi connectivity index (χ1v) is 11.1. The van der Waals surface area contributed by atoms with Gasteiger partial charge in [-0.3, -0.25) is 14.8 Å². The van der Waals surface area contributed by atoms with Crippen LogP contribution in [0.15, 0.2) is 83.0 Å². The molecule has 0 atom stereocenters. The minimum atomic E-state index is -0.0530. The Kier molecular flexibility index (Phi) is 5.67. The molecule has 1 saturated carbocycles. The Bertz CT molecular complexity index is 1140. The van der Waals surface area contributed by atoms with E-state index in [9.17, 15) is 4.79 Å². The first kappa shape index (κ1) is 20.4. The van der Waals surface area contributed by atoms with Gasteiger partial charge in [0.25, 0.3) is 5.91 Å². The van der Waals surface area contributed by atoms with E-state index >= 15 is 0 Å². The van der Waals surface area contributed by atoms with Crippen molar-refractivity contribution in [1.29, 1.82) is 0 Å². The third kappa shape index (κ3) is 4.26. The van der Waals surface area contributed by atoms with Crippen molar-refractivity contribution in [1.82, 2.24) is 14.9 Å². The molecule has 32 heavy (non-hydrogen) atoms. The van der Waals surface area contributed by atoms with Gasteiger partial charge in [-0.25, -0.2) is 4.98 Å². The molecule has 1 aromatic heterocycles. The highest BCUT2D eigenvalue weighted by atomic mass is 16.5. The second-order valence-electron chi connectivity index (χ2n) is 8.39. The predicted octanol–water partition coefficient (Wildman–Crippen LogP) is 4.58. The highest BCUT2D eigenvalue weighted by Gasteiger charge is 2.30. The maximum atomic E-state index is 13.6. The number of aromatic nitrogens is 2. The van der Waals surface area contributed by atoms with Gasteiger partial charge >= 0.3 is 0 Å². The smallest absolute Gasteiger partial charge is 0.274 e. The van der Waals surface area contributed by atoms with Crippen molar-refractivity contribution in [2.45, 2.75) is 25.7 Å². The number of hydrogen-bond acceptors (Lipinski definition) is 5. The number of allylic oxidation sites excluding steroid dienone is 4. The number of aliphatic imine (C=N–C) groups is 1. The number of rotatable bonds is 8. The topological polar surface area (TPSA) is 67.7 Å². The van der Waals surface area contributed by atoms with E-state index in [-0.39, 0.29) is 5.91 Å². The zero-order valence-corrected chi connectivity index (χ0v) is 18.2. The van der Waals surface area contributed by atoms with Crippen molar-refractivity contribution in [3.63, 3.8) is 0 Å². The fraction of sp³-hybridized carbons (Fsp3) is 0.308. The number of hydrogen-bond donors (Lipinski definition) is 0. The van der Waals surface area contributed by atoms with Gasteiger partial charge in [0.05, 0.1) is 12.8 Å². The number of benzene rings is 1. The van der Waals surface area contributed by atoms with Gasteiger partial charge in [-0.15, -0.1) is 0 Å². The number of methoxy groups -OCH3 is 1. The van der Waals surface area contributed by atoms with Gasteiger partial charge in [0.15, 0.2) is 5.69 Å². The van der Waals surface area contributed by atoms with Crippen molar-refractivity contribution in [3.05, 3.63) is 83.7 Å². The normalized spacial score (nSPS) is 17.0. The molecule has 3 aliphatic rings. The SMILES string of the molecule is COC1=CC=C2C(CCN(CC3CC3)C(=O)c3nccnc3-c3ccccc3)=CN=C2C1. The molecule has 0 saturated heterocycles. The van der Waals surface area contributed by atoms with E-state index in [4.69, 9.17) is 4.74 Å². The zero-order chi connectivity index (χ0) is 21.9. The second-order valence-corrected chi connectivity index (χ2v) is 8.39. The third-order valence-corrected chi connectivity index (χ3v) is 6.13. The summed E-state index contributed by atoms with van der Waals surface area (Å²) in [5.74, 6) is 1.45. The van der Waals surface area contributed by atoms with Crippen LogP contribution in [0.3, 0.4) is 0 Å². The maximum absolute atomic E-state index is 13.6. The van der Waals surface area contributed by atoms with E-state index in [2.05, 4.69) is 21.0 Å². The third-order valence-electron chi connectivity index (χ3n) is 6.13. The second kappa shape index (κ2) is 8.91. The Morgan fingerprint density at radius 2 is 1.94 bits per heavy atom. The standard InChI is InChI=1S/C26H26N4O2/c1-32-21-9-10-22-20(16-29-23(22)15-21)11-14-30(17-18-7-8-18)26(31)25-24(27-12-13-28-25)19-5-3-2-4-6-19/h2-6,9-10,12-13,16,18H,7-8,11,14-15,17H2,1H3. The monoisotopic (exact) mass is 426 g/mol. The van der Waals surface area contributed by atoms with Crippen LogP contribution in [-0.2, 0) is 4.74 Å². The molecular formula is C26H26N4O2. The van der Waals surface area contributed by atoms with Crippen molar-refractivity contribution in [2.75, 3.05) is 20.2 Å². The quantitative estimate of drug-likeness (QED) is 0.619. The summed E-state index contributed by atoms with van der Waals surface area (Å²) in [6.07, 6.45) is 13.1. The molecule has 1 aliphatic heterocycles. The first-order chi connectivity index (χ1) is 15.7. The van der Waals surface area contributed by atoms with Crippen LogP contribution in [0, 0.1) is 5.92 Å². The van der Waals surface area contributed by atoms with E-state index in [0.29, 0.717) is 30.3 Å². The molecule has 6 heteroatoms. The molecule has 0 bridgehead atoms. The van der Waals surface area contributed by atoms with Crippen molar-refractivity contribution in [2.24, 2.45) is 10.9 Å². The molecular weight excluding hydrogens is 400 g/mol. The lowest BCUT2D eigenvalue weighted by atomic mass is 9.95. The van der Waals surface area contributed by atoms with Gasteiger partial charge in [-0.05, 0) is 42.9 Å². The summed E-state index contributed by atoms with van der Waals surface area (Å²) in [7, 11) is 1.69. The molecule has 1 amide bonds. The van der Waals surface area contributed by atoms with Crippen LogP contribution in [0.1, 0.15) is 36.2 Å². The van der Waals surface area contributed by atoms with Gasteiger partial charge in [0.1, 0.15) is 11.5 Å². The molecule has 1 fully saturated rings. The van der Waals surface area contributed by atoms with Gasteiger partial charge in [-0.2, -0.15) is 0 Å². The van der Waals surface area contributed by atoms with E-state index in [1.807, 2.05) is 47.5 Å². The summed E-state index contributed by atoms with van der Waals surface area (Å²) < 4.78 is 5.36. The van der Waals surface area contributed by atoms with Crippen molar-refractivity contribution < 1.29 is 9.53 Å². The summed E-state index contributed by atoms with van der Waals surface area (Å²) >= 11 is 0. The van der Waals surface area contributed by atoms with Gasteiger partial charge < -0.3 is 9.64 Å². The zero-order valence-electron chi connectivity index (χ0n) is 18.2. The van der Waals surface area contributed by atoms with Crippen molar-refractivity contribution in [3.8, 4) is 11.3 Å². The maximum Gasteiger partial charge on any atom is 0.274 e. The molecule has 2 aromatic rings. The average Bonchev–Trinajstić information content (AvgIpc) is 3.59. The number of amides is 1. The van der Waals surface area contributed by atoms with Crippen LogP contribution in [-0.4, -0.2) is 46.7 Å². The molecule has 5 rings (SSSR count). The molecule has 0 spiro atoms. The number of carbonyl (C=O) groups excluding carboxylic acids is 1. The average molecular weight is 427 g/mol. The highest BCUT2D eigenvalue weighted by molar-refractivity contribution is 6.08. The number of fused-ring (bicyclic) bond motifs is 1. The van der Waals surface area contributed by atoms with E-state index < -0.39 is 0 Å². The van der Waals surface area contributed by atoms with Crippen LogP contribution < -0.4 is 0 Å². The summed E-state index contributed by atoms with van der Waals surface area (Å²) in [6, 6.07) is 9.78. The largest absolute Gasteiger partial charge is 0.501 e. The van der Waals surface area contributed by atoms with Crippen LogP contribution in [0.25, 0.3) is 11.3 Å². The Morgan fingerprint density at radius 3 is 2.72 bits per heavy atom. The summed E-state index contributed by atoms with van der Waals surface area (Å²) in [5, 5.41) is 0. The lowest BCUT2D eigenvalue weighted by Gasteiger charge is -2.24. The molecule has 0 radical (unpaired) electrons. The van der Waals surface area contributed by atoms with Crippen LogP contribution >= 0.6 is 0 Å². The van der Waals surface area contributed by atoms with Crippen molar-refractivity contribution >= 4 is 11.6 Å². The van der Waals surface area contributed by atoms with Crippen LogP contribution in [0.2, 0.25) is 0 Å². The Balaban J connectivity index is 1.35. The first-order valence-electron chi connectivity index (χ1n) is 11.1. The summed E-state index contributed by atoms with van der Waals surface area (Å²) in [5.41, 5.74) is 5.33. The van der Waals surface area contributed by atoms with Gasteiger partial charge in [0, 0.05) is 49.2 Å². The number of carbonyl (C=O) groups is 1. The molecule has 0 N–H and O–H groups in total. The molecule has 0 unspecified atom stereocenters. The Hall–Kier alpha value is -3.54. The minimum absolute atomic E-state index is 0.0530. The summed E-state index contributed by atoms with van der Waals surface area (Å²) in [6.45, 7) is 1.39. The Morgan fingerprint density at radius 1 is 1.12 bits per heavy atom. The predicted molar refractivity (Wildman–Crippen MR) is 124 cm³/mol. The van der Waals surface area contributed by atoms with E-state index in [1.54, 1.807) is 19.5 Å². The fourth-order valence-electron chi connectivity index (χ4n) is 4.16. The molecule has 2 aliphatic carbocycles. The molecule has 2 heterocycles. The van der Waals surface area contributed by atoms with Crippen LogP contribution in [0.4, 0.5) is 0 Å². The van der Waals surface area contributed by atoms with E-state index in [1.165, 1.54) is 18.4 Å². The van der Waals surface area contributed by atoms with Crippen LogP contribution in [0.5, 0.6) is 0 Å². The van der Waals surface area contributed by atoms with E-state index in [0.717, 1.165) is 35.6 Å². The number of nitrogens with zero attached hydrogens (tertiary/aromatic N) is 4. The lowest BCUT2D eigenvalue weighted by Crippen LogP contribution is -2.35. The highest BCUT2D eigenvalue weighted by Crippen LogP contribution is 2.33. The molecule has 6 nitrogen and oxygen atoms in total. The fourth-order valence-corrected chi connectivity index (χ4v) is 4.16. The Labute approximate surface area is 188 Å². The van der Waals surface area contributed by atoms with Gasteiger partial charge in [0.2, 0.25) is 0 Å². The minimum Gasteiger partial charge on any atom is -0.501 e. The molecule has 1 aromatic carbocycles. The van der Waals surface area contributed by atoms with Gasteiger partial charge in [-0.1, -0.05) is 30.3 Å².